The zero-order valence-electron chi connectivity index (χ0n) is 18.3. The van der Waals surface area contributed by atoms with Crippen molar-refractivity contribution in [2.45, 2.75) is 96.8 Å². The van der Waals surface area contributed by atoms with Gasteiger partial charge in [0.1, 0.15) is 0 Å². The predicted molar refractivity (Wildman–Crippen MR) is 125 cm³/mol. The summed E-state index contributed by atoms with van der Waals surface area (Å²) in [5.74, 6) is -0.568. The second kappa shape index (κ2) is 15.7. The number of amides is 1. The molecule has 5 nitrogen and oxygen atoms in total. The molecule has 7 heteroatoms. The van der Waals surface area contributed by atoms with E-state index in [4.69, 9.17) is 0 Å². The zero-order chi connectivity index (χ0) is 21.4. The summed E-state index contributed by atoms with van der Waals surface area (Å²) < 4.78 is 24.2. The van der Waals surface area contributed by atoms with E-state index in [0.717, 1.165) is 24.9 Å². The molecule has 0 fully saturated rings. The Labute approximate surface area is 182 Å². The summed E-state index contributed by atoms with van der Waals surface area (Å²) in [5.41, 5.74) is 0.878. The van der Waals surface area contributed by atoms with Crippen LogP contribution in [0.25, 0.3) is 0 Å². The van der Waals surface area contributed by atoms with E-state index in [1.807, 2.05) is 10.1 Å². The van der Waals surface area contributed by atoms with E-state index in [1.165, 1.54) is 94.8 Å². The second-order valence-corrected chi connectivity index (χ2v) is 10.6. The molecule has 0 atom stereocenters. The van der Waals surface area contributed by atoms with Gasteiger partial charge in [0.25, 0.3) is 5.91 Å². The molecular weight excluding hydrogens is 404 g/mol. The highest BCUT2D eigenvalue weighted by Gasteiger charge is 2.13. The minimum Gasteiger partial charge on any atom is -0.384 e. The van der Waals surface area contributed by atoms with Crippen LogP contribution < -0.4 is 10.0 Å². The number of anilines is 1. The molecule has 0 aliphatic rings. The van der Waals surface area contributed by atoms with Crippen molar-refractivity contribution in [1.82, 2.24) is 4.72 Å². The number of hydrogen-bond donors (Lipinski definition) is 2. The number of sulfonamides is 1. The van der Waals surface area contributed by atoms with Crippen LogP contribution in [-0.2, 0) is 10.0 Å². The van der Waals surface area contributed by atoms with E-state index in [9.17, 15) is 13.2 Å². The third-order valence-electron chi connectivity index (χ3n) is 4.96. The third kappa shape index (κ3) is 14.5. The molecule has 0 bridgehead atoms. The van der Waals surface area contributed by atoms with E-state index in [2.05, 4.69) is 12.2 Å². The van der Waals surface area contributed by atoms with Crippen molar-refractivity contribution in [1.29, 1.82) is 0 Å². The topological polar surface area (TPSA) is 75.3 Å². The zero-order valence-corrected chi connectivity index (χ0v) is 19.9. The highest BCUT2D eigenvalue weighted by molar-refractivity contribution is 7.89. The van der Waals surface area contributed by atoms with Crippen LogP contribution in [0, 0.1) is 0 Å². The van der Waals surface area contributed by atoms with Crippen molar-refractivity contribution in [3.8, 4) is 0 Å². The van der Waals surface area contributed by atoms with Gasteiger partial charge in [-0.25, -0.2) is 13.1 Å². The summed E-state index contributed by atoms with van der Waals surface area (Å²) >= 11 is 1.25. The van der Waals surface area contributed by atoms with Gasteiger partial charge in [0.2, 0.25) is 10.0 Å². The first-order valence-corrected chi connectivity index (χ1v) is 14.0. The molecule has 0 aliphatic heterocycles. The molecule has 29 heavy (non-hydrogen) atoms. The van der Waals surface area contributed by atoms with Crippen molar-refractivity contribution in [3.05, 3.63) is 16.3 Å². The Kier molecular flexibility index (Phi) is 14.1. The predicted octanol–water partition coefficient (Wildman–Crippen LogP) is 6.33. The summed E-state index contributed by atoms with van der Waals surface area (Å²) in [4.78, 5) is 12.2. The molecule has 0 spiro atoms. The lowest BCUT2D eigenvalue weighted by molar-refractivity contribution is 0.0985. The van der Waals surface area contributed by atoms with Gasteiger partial charge in [-0.15, -0.1) is 11.3 Å². The van der Waals surface area contributed by atoms with Gasteiger partial charge in [-0.1, -0.05) is 90.4 Å². The van der Waals surface area contributed by atoms with Crippen LogP contribution in [0.2, 0.25) is 0 Å². The lowest BCUT2D eigenvalue weighted by Gasteiger charge is -2.05. The van der Waals surface area contributed by atoms with Gasteiger partial charge in [0.05, 0.1) is 11.1 Å². The van der Waals surface area contributed by atoms with Crippen LogP contribution in [0.1, 0.15) is 106 Å². The normalized spacial score (nSPS) is 11.5. The van der Waals surface area contributed by atoms with Gasteiger partial charge in [-0.2, -0.15) is 0 Å². The molecule has 0 unspecified atom stereocenters. The maximum Gasteiger partial charge on any atom is 0.274 e. The molecule has 0 radical (unpaired) electrons. The first-order chi connectivity index (χ1) is 13.9. The monoisotopic (exact) mass is 444 g/mol. The Morgan fingerprint density at radius 1 is 0.862 bits per heavy atom. The average Bonchev–Trinajstić information content (AvgIpc) is 3.13. The molecule has 0 saturated carbocycles. The fourth-order valence-electron chi connectivity index (χ4n) is 3.32. The van der Waals surface area contributed by atoms with Gasteiger partial charge in [0, 0.05) is 17.6 Å². The van der Waals surface area contributed by atoms with Crippen molar-refractivity contribution < 1.29 is 13.2 Å². The van der Waals surface area contributed by atoms with E-state index < -0.39 is 15.9 Å². The van der Waals surface area contributed by atoms with Crippen molar-refractivity contribution in [2.75, 3.05) is 18.1 Å². The number of thiophene rings is 1. The lowest BCUT2D eigenvalue weighted by Crippen LogP contribution is -2.28. The van der Waals surface area contributed by atoms with Crippen LogP contribution in [0.15, 0.2) is 11.4 Å². The first kappa shape index (κ1) is 26.0. The van der Waals surface area contributed by atoms with Gasteiger partial charge >= 0.3 is 0 Å². The van der Waals surface area contributed by atoms with Crippen molar-refractivity contribution in [2.24, 2.45) is 0 Å². The molecule has 1 heterocycles. The van der Waals surface area contributed by atoms with E-state index in [-0.39, 0.29) is 0 Å². The van der Waals surface area contributed by atoms with Crippen molar-refractivity contribution in [3.63, 3.8) is 0 Å². The summed E-state index contributed by atoms with van der Waals surface area (Å²) in [7, 11) is -3.52. The first-order valence-electron chi connectivity index (χ1n) is 11.3. The Morgan fingerprint density at radius 3 is 1.83 bits per heavy atom. The van der Waals surface area contributed by atoms with E-state index in [1.54, 1.807) is 6.07 Å². The maximum atomic E-state index is 11.8. The van der Waals surface area contributed by atoms with Gasteiger partial charge in [-0.3, -0.25) is 4.79 Å². The van der Waals surface area contributed by atoms with Crippen LogP contribution >= 0.6 is 11.3 Å². The van der Waals surface area contributed by atoms with Gasteiger partial charge in [-0.05, 0) is 12.5 Å². The number of carbonyl (C=O) groups excluding carboxylic acids is 1. The Bertz CT molecular complexity index is 657. The van der Waals surface area contributed by atoms with Crippen LogP contribution in [-0.4, -0.2) is 27.1 Å². The molecule has 1 aromatic heterocycles. The lowest BCUT2D eigenvalue weighted by atomic mass is 10.0. The average molecular weight is 445 g/mol. The number of carbonyl (C=O) groups is 1. The number of hydrogen-bond acceptors (Lipinski definition) is 5. The summed E-state index contributed by atoms with van der Waals surface area (Å²) in [5, 5.41) is 5.16. The second-order valence-electron chi connectivity index (χ2n) is 7.93. The van der Waals surface area contributed by atoms with Gasteiger partial charge < -0.3 is 5.32 Å². The number of nitrogens with one attached hydrogen (secondary N) is 2. The largest absolute Gasteiger partial charge is 0.384 e. The fourth-order valence-corrected chi connectivity index (χ4v) is 4.59. The molecule has 1 aromatic rings. The molecule has 0 aliphatic carbocycles. The summed E-state index contributed by atoms with van der Waals surface area (Å²) in [6.07, 6.45) is 19.8. The van der Waals surface area contributed by atoms with Crippen molar-refractivity contribution >= 4 is 33.0 Å². The summed E-state index contributed by atoms with van der Waals surface area (Å²) in [6.45, 7) is 3.14. The molecule has 0 aromatic carbocycles. The summed E-state index contributed by atoms with van der Waals surface area (Å²) in [6, 6.07) is 1.70. The Balaban J connectivity index is 1.93. The molecule has 0 saturated heterocycles. The molecular formula is C22H40N2O3S2. The number of unbranched alkanes of at least 4 members (excludes halogenated alkanes) is 13. The van der Waals surface area contributed by atoms with E-state index >= 15 is 0 Å². The standard InChI is InChI=1S/C22H40N2O3S2/c1-3-4-5-6-7-8-9-10-11-12-13-14-15-16-17-23-20-18-21(28-19-20)22(25)24-29(2,26)27/h18-19,23H,3-17H2,1-2H3,(H,24,25). The van der Waals surface area contributed by atoms with Gasteiger partial charge in [0.15, 0.2) is 0 Å². The molecule has 1 amide bonds. The molecule has 168 valence electrons. The minimum atomic E-state index is -3.52. The smallest absolute Gasteiger partial charge is 0.274 e. The Morgan fingerprint density at radius 2 is 1.34 bits per heavy atom. The van der Waals surface area contributed by atoms with Crippen LogP contribution in [0.5, 0.6) is 0 Å². The van der Waals surface area contributed by atoms with E-state index in [0.29, 0.717) is 4.88 Å². The Hall–Kier alpha value is -1.08. The molecule has 1 rings (SSSR count). The molecule has 2 N–H and O–H groups in total. The quantitative estimate of drug-likeness (QED) is 0.259. The van der Waals surface area contributed by atoms with Crippen LogP contribution in [0.3, 0.4) is 0 Å². The minimum absolute atomic E-state index is 0.402. The number of rotatable bonds is 18. The third-order valence-corrected chi connectivity index (χ3v) is 6.45. The van der Waals surface area contributed by atoms with Crippen LogP contribution in [0.4, 0.5) is 5.69 Å². The highest BCUT2D eigenvalue weighted by Crippen LogP contribution is 2.20. The SMILES string of the molecule is CCCCCCCCCCCCCCCCNc1csc(C(=O)NS(C)(=O)=O)c1. The maximum absolute atomic E-state index is 11.8. The fraction of sp³-hybridized carbons (Fsp3) is 0.773. The highest BCUT2D eigenvalue weighted by atomic mass is 32.2.